The van der Waals surface area contributed by atoms with Gasteiger partial charge in [0.1, 0.15) is 35.0 Å². The van der Waals surface area contributed by atoms with Crippen LogP contribution < -0.4 is 16.2 Å². The van der Waals surface area contributed by atoms with Crippen LogP contribution in [0.25, 0.3) is 16.9 Å². The second-order valence-corrected chi connectivity index (χ2v) is 9.55. The van der Waals surface area contributed by atoms with E-state index in [0.717, 1.165) is 12.8 Å². The van der Waals surface area contributed by atoms with Crippen molar-refractivity contribution in [2.24, 2.45) is 5.92 Å². The number of ether oxygens (including phenoxy) is 1. The highest BCUT2D eigenvalue weighted by atomic mass is 16.5. The molecule has 1 aliphatic heterocycles. The number of imidazole rings is 1. The Morgan fingerprint density at radius 3 is 2.50 bits per heavy atom. The molecule has 1 saturated carbocycles. The maximum absolute atomic E-state index is 13.8. The van der Waals surface area contributed by atoms with E-state index in [-0.39, 0.29) is 29.0 Å². The van der Waals surface area contributed by atoms with E-state index in [2.05, 4.69) is 9.97 Å². The van der Waals surface area contributed by atoms with Crippen molar-refractivity contribution < 1.29 is 9.53 Å². The predicted octanol–water partition coefficient (Wildman–Crippen LogP) is 3.59. The zero-order chi connectivity index (χ0) is 26.2. The number of carbonyl (C=O) groups is 1. The zero-order valence-electron chi connectivity index (χ0n) is 20.5. The van der Waals surface area contributed by atoms with E-state index >= 15 is 0 Å². The zero-order valence-corrected chi connectivity index (χ0v) is 20.5. The van der Waals surface area contributed by atoms with E-state index < -0.39 is 0 Å². The van der Waals surface area contributed by atoms with Crippen LogP contribution >= 0.6 is 0 Å². The van der Waals surface area contributed by atoms with Crippen LogP contribution in [-0.2, 0) is 4.79 Å². The van der Waals surface area contributed by atoms with Crippen molar-refractivity contribution in [1.29, 1.82) is 5.26 Å². The number of allylic oxidation sites excluding steroid dienone is 1. The van der Waals surface area contributed by atoms with Gasteiger partial charge in [0, 0.05) is 13.1 Å². The number of nitriles is 1. The lowest BCUT2D eigenvalue weighted by Crippen LogP contribution is -2.32. The van der Waals surface area contributed by atoms with Crippen molar-refractivity contribution in [3.05, 3.63) is 83.1 Å². The minimum atomic E-state index is -0.322. The number of rotatable bonds is 6. The molecule has 4 aromatic rings. The molecule has 1 aliphatic carbocycles. The number of anilines is 1. The van der Waals surface area contributed by atoms with Gasteiger partial charge in [-0.1, -0.05) is 24.3 Å². The van der Waals surface area contributed by atoms with Crippen molar-refractivity contribution >= 4 is 22.9 Å². The summed E-state index contributed by atoms with van der Waals surface area (Å²) in [4.78, 5) is 37.0. The molecule has 1 atom stereocenters. The molecule has 2 fully saturated rings. The fourth-order valence-corrected chi connectivity index (χ4v) is 4.89. The van der Waals surface area contributed by atoms with Gasteiger partial charge in [-0.3, -0.25) is 13.9 Å². The van der Waals surface area contributed by atoms with Crippen LogP contribution in [0.2, 0.25) is 0 Å². The molecule has 3 heterocycles. The van der Waals surface area contributed by atoms with E-state index in [1.165, 1.54) is 10.9 Å². The molecule has 10 nitrogen and oxygen atoms in total. The summed E-state index contributed by atoms with van der Waals surface area (Å²) in [7, 11) is 0. The second kappa shape index (κ2) is 9.52. The van der Waals surface area contributed by atoms with Crippen LogP contribution in [0.4, 0.5) is 5.82 Å². The Hall–Kier alpha value is -4.91. The summed E-state index contributed by atoms with van der Waals surface area (Å²) >= 11 is 0. The van der Waals surface area contributed by atoms with Crippen LogP contribution in [0, 0.1) is 17.2 Å². The topological polar surface area (TPSA) is 132 Å². The lowest BCUT2D eigenvalue weighted by molar-refractivity contribution is -0.125. The van der Waals surface area contributed by atoms with Crippen molar-refractivity contribution in [3.8, 4) is 23.3 Å². The first-order valence-corrected chi connectivity index (χ1v) is 12.5. The Labute approximate surface area is 218 Å². The Morgan fingerprint density at radius 1 is 1.05 bits per heavy atom. The third kappa shape index (κ3) is 4.28. The van der Waals surface area contributed by atoms with Crippen molar-refractivity contribution in [2.45, 2.75) is 25.3 Å². The third-order valence-electron chi connectivity index (χ3n) is 6.95. The van der Waals surface area contributed by atoms with Gasteiger partial charge in [0.2, 0.25) is 0 Å². The summed E-state index contributed by atoms with van der Waals surface area (Å²) in [5, 5.41) is 9.50. The van der Waals surface area contributed by atoms with Gasteiger partial charge in [-0.05, 0) is 61.6 Å². The van der Waals surface area contributed by atoms with Crippen LogP contribution in [0.15, 0.2) is 77.4 Å². The van der Waals surface area contributed by atoms with Gasteiger partial charge >= 0.3 is 5.69 Å². The summed E-state index contributed by atoms with van der Waals surface area (Å²) < 4.78 is 8.96. The van der Waals surface area contributed by atoms with E-state index in [0.29, 0.717) is 53.8 Å². The molecule has 2 aliphatic rings. The molecular weight excluding hydrogens is 482 g/mol. The number of hydrogen-bond acceptors (Lipinski definition) is 7. The average molecular weight is 508 g/mol. The smallest absolute Gasteiger partial charge is 0.335 e. The molecule has 1 amide bonds. The van der Waals surface area contributed by atoms with Crippen LogP contribution in [0.3, 0.4) is 0 Å². The van der Waals surface area contributed by atoms with Gasteiger partial charge in [0.15, 0.2) is 11.5 Å². The number of likely N-dealkylation sites (tertiary alicyclic amines) is 1. The van der Waals surface area contributed by atoms with Crippen LogP contribution in [0.5, 0.6) is 11.5 Å². The number of nitrogen functional groups attached to an aromatic ring is 1. The Kier molecular flexibility index (Phi) is 5.88. The van der Waals surface area contributed by atoms with Gasteiger partial charge in [-0.2, -0.15) is 5.26 Å². The van der Waals surface area contributed by atoms with E-state index in [9.17, 15) is 14.9 Å². The molecule has 190 valence electrons. The molecule has 0 unspecified atom stereocenters. The fraction of sp³-hybridized carbons (Fsp3) is 0.250. The quantitative estimate of drug-likeness (QED) is 0.312. The van der Waals surface area contributed by atoms with Crippen LogP contribution in [0.1, 0.15) is 25.3 Å². The van der Waals surface area contributed by atoms with Crippen molar-refractivity contribution in [1.82, 2.24) is 24.0 Å². The van der Waals surface area contributed by atoms with Crippen molar-refractivity contribution in [3.63, 3.8) is 0 Å². The number of nitrogens with two attached hydrogens (primary N) is 1. The number of aromatic nitrogens is 4. The van der Waals surface area contributed by atoms with E-state index in [1.54, 1.807) is 39.8 Å². The van der Waals surface area contributed by atoms with Crippen LogP contribution in [-0.4, -0.2) is 43.0 Å². The first kappa shape index (κ1) is 23.5. The number of para-hydroxylation sites is 1. The normalized spacial score (nSPS) is 17.5. The molecule has 0 spiro atoms. The summed E-state index contributed by atoms with van der Waals surface area (Å²) in [6.45, 7) is 0.744. The van der Waals surface area contributed by atoms with Gasteiger partial charge in [0.05, 0.1) is 11.7 Å². The van der Waals surface area contributed by atoms with Gasteiger partial charge in [-0.25, -0.2) is 14.8 Å². The van der Waals surface area contributed by atoms with Gasteiger partial charge in [-0.15, -0.1) is 0 Å². The molecule has 10 heteroatoms. The standard InChI is InChI=1S/C28H25N7O3/c29-15-19(14-18-6-7-18)27(36)33-13-12-21(16-33)35-26-24(25(30)31-17-32-26)34(28(35)37)20-8-10-23(11-9-20)38-22-4-2-1-3-5-22/h1-5,8-11,14,17-18,21H,6-7,12-13,16H2,(H2,30,31,32)/t21-/m0/s1. The summed E-state index contributed by atoms with van der Waals surface area (Å²) in [6.07, 6.45) is 5.68. The first-order valence-electron chi connectivity index (χ1n) is 12.5. The second-order valence-electron chi connectivity index (χ2n) is 9.55. The minimum absolute atomic E-state index is 0.173. The number of fused-ring (bicyclic) bond motifs is 1. The SMILES string of the molecule is N#CC(=CC1CC1)C(=O)N1CC[C@H](n2c(=O)n(-c3ccc(Oc4ccccc4)cc3)c3c(N)ncnc32)C1. The first-order chi connectivity index (χ1) is 18.5. The maximum atomic E-state index is 13.8. The third-order valence-corrected chi connectivity index (χ3v) is 6.95. The molecule has 0 bridgehead atoms. The molecule has 2 aromatic heterocycles. The lowest BCUT2D eigenvalue weighted by atomic mass is 10.2. The van der Waals surface area contributed by atoms with Gasteiger partial charge in [0.25, 0.3) is 5.91 Å². The lowest BCUT2D eigenvalue weighted by Gasteiger charge is -2.16. The molecule has 38 heavy (non-hydrogen) atoms. The monoisotopic (exact) mass is 507 g/mol. The molecule has 2 aromatic carbocycles. The number of benzene rings is 2. The Morgan fingerprint density at radius 2 is 1.79 bits per heavy atom. The number of carbonyl (C=O) groups excluding carboxylic acids is 1. The number of hydrogen-bond donors (Lipinski definition) is 1. The summed E-state index contributed by atoms with van der Waals surface area (Å²) in [5.41, 5.74) is 7.49. The summed E-state index contributed by atoms with van der Waals surface area (Å²) in [6, 6.07) is 18.3. The Bertz CT molecular complexity index is 1640. The average Bonchev–Trinajstić information content (AvgIpc) is 3.54. The largest absolute Gasteiger partial charge is 0.457 e. The Balaban J connectivity index is 1.33. The van der Waals surface area contributed by atoms with E-state index in [4.69, 9.17) is 10.5 Å². The predicted molar refractivity (Wildman–Crippen MR) is 141 cm³/mol. The van der Waals surface area contributed by atoms with E-state index in [1.807, 2.05) is 36.4 Å². The highest BCUT2D eigenvalue weighted by Gasteiger charge is 2.33. The molecule has 1 saturated heterocycles. The molecule has 6 rings (SSSR count). The number of amides is 1. The highest BCUT2D eigenvalue weighted by Crippen LogP contribution is 2.33. The summed E-state index contributed by atoms with van der Waals surface area (Å²) in [5.74, 6) is 1.54. The van der Waals surface area contributed by atoms with Crippen molar-refractivity contribution in [2.75, 3.05) is 18.8 Å². The van der Waals surface area contributed by atoms with Gasteiger partial charge < -0.3 is 15.4 Å². The number of nitrogens with zero attached hydrogens (tertiary/aromatic N) is 6. The maximum Gasteiger partial charge on any atom is 0.335 e. The fourth-order valence-electron chi connectivity index (χ4n) is 4.89. The molecular formula is C28H25N7O3. The molecule has 2 N–H and O–H groups in total. The molecule has 0 radical (unpaired) electrons. The minimum Gasteiger partial charge on any atom is -0.457 e. The highest BCUT2D eigenvalue weighted by molar-refractivity contribution is 5.97.